The van der Waals surface area contributed by atoms with E-state index in [1.54, 1.807) is 6.92 Å². The highest BCUT2D eigenvalue weighted by Crippen LogP contribution is 2.14. The Hall–Kier alpha value is -2.11. The van der Waals surface area contributed by atoms with Crippen LogP contribution in [0.3, 0.4) is 0 Å². The average molecular weight is 237 g/mol. The van der Waals surface area contributed by atoms with E-state index >= 15 is 0 Å². The molecule has 0 saturated carbocycles. The molecule has 17 heavy (non-hydrogen) atoms. The Morgan fingerprint density at radius 2 is 2.24 bits per heavy atom. The van der Waals surface area contributed by atoms with Crippen LogP contribution in [0.25, 0.3) is 0 Å². The van der Waals surface area contributed by atoms with Gasteiger partial charge < -0.3 is 15.7 Å². The molecule has 0 spiro atoms. The maximum atomic E-state index is 11.5. The number of aromatic carboxylic acids is 1. The number of aromatic nitrogens is 1. The molecule has 0 aliphatic rings. The topological polar surface area (TPSA) is 91.3 Å². The highest BCUT2D eigenvalue weighted by atomic mass is 16.4. The summed E-state index contributed by atoms with van der Waals surface area (Å²) >= 11 is 0. The van der Waals surface area contributed by atoms with Crippen molar-refractivity contribution in [2.45, 2.75) is 19.9 Å². The van der Waals surface area contributed by atoms with Gasteiger partial charge in [0.05, 0.1) is 5.69 Å². The van der Waals surface area contributed by atoms with Gasteiger partial charge in [0.15, 0.2) is 0 Å². The zero-order valence-corrected chi connectivity index (χ0v) is 9.73. The normalized spacial score (nSPS) is 11.6. The minimum atomic E-state index is -1.08. The van der Waals surface area contributed by atoms with Gasteiger partial charge in [-0.2, -0.15) is 0 Å². The fourth-order valence-corrected chi connectivity index (χ4v) is 1.32. The van der Waals surface area contributed by atoms with Gasteiger partial charge in [-0.15, -0.1) is 0 Å². The Bertz CT molecular complexity index is 420. The number of carbonyl (C=O) groups is 2. The number of nitrogens with one attached hydrogen (secondary N) is 2. The number of hydrogen-bond donors (Lipinski definition) is 3. The van der Waals surface area contributed by atoms with Crippen LogP contribution in [0.2, 0.25) is 0 Å². The van der Waals surface area contributed by atoms with Crippen molar-refractivity contribution in [3.05, 3.63) is 24.0 Å². The molecular formula is C11H15N3O3. The predicted octanol–water partition coefficient (Wildman–Crippen LogP) is 0.716. The second-order valence-corrected chi connectivity index (χ2v) is 3.49. The van der Waals surface area contributed by atoms with E-state index in [2.05, 4.69) is 15.6 Å². The first-order chi connectivity index (χ1) is 8.06. The van der Waals surface area contributed by atoms with Crippen molar-refractivity contribution in [2.75, 3.05) is 11.9 Å². The minimum Gasteiger partial charge on any atom is -0.478 e. The third-order valence-corrected chi connectivity index (χ3v) is 2.17. The van der Waals surface area contributed by atoms with Crippen LogP contribution in [0.4, 0.5) is 5.69 Å². The first-order valence-corrected chi connectivity index (χ1v) is 5.27. The summed E-state index contributed by atoms with van der Waals surface area (Å²) in [5.74, 6) is -1.26. The van der Waals surface area contributed by atoms with Gasteiger partial charge in [-0.3, -0.25) is 9.78 Å². The highest BCUT2D eigenvalue weighted by molar-refractivity contribution is 5.95. The summed E-state index contributed by atoms with van der Waals surface area (Å²) in [5.41, 5.74) is 0.426. The van der Waals surface area contributed by atoms with Gasteiger partial charge in [0.2, 0.25) is 5.91 Å². The lowest BCUT2D eigenvalue weighted by atomic mass is 10.2. The fraction of sp³-hybridized carbons (Fsp3) is 0.364. The van der Waals surface area contributed by atoms with Crippen LogP contribution in [-0.4, -0.2) is 34.6 Å². The number of likely N-dealkylation sites (N-methyl/N-ethyl adjacent to an activating group) is 1. The minimum absolute atomic E-state index is 0.0450. The number of amides is 1. The standard InChI is InChI=1S/C11H15N3O3/c1-3-13-10(15)7(2)14-9-4-5-12-6-8(9)11(16)17/h4-7H,3H2,1-2H3,(H,12,14)(H,13,15)(H,16,17). The third kappa shape index (κ3) is 3.44. The second kappa shape index (κ2) is 5.83. The van der Waals surface area contributed by atoms with Crippen LogP contribution in [0.5, 0.6) is 0 Å². The van der Waals surface area contributed by atoms with Crippen molar-refractivity contribution in [2.24, 2.45) is 0 Å². The number of carboxylic acids is 1. The molecule has 6 nitrogen and oxygen atoms in total. The lowest BCUT2D eigenvalue weighted by Crippen LogP contribution is -2.37. The van der Waals surface area contributed by atoms with E-state index < -0.39 is 12.0 Å². The number of carboxylic acid groups (broad SMARTS) is 1. The smallest absolute Gasteiger partial charge is 0.339 e. The zero-order chi connectivity index (χ0) is 12.8. The van der Waals surface area contributed by atoms with Crippen molar-refractivity contribution < 1.29 is 14.7 Å². The molecule has 0 aromatic carbocycles. The van der Waals surface area contributed by atoms with Crippen molar-refractivity contribution in [1.82, 2.24) is 10.3 Å². The van der Waals surface area contributed by atoms with Gasteiger partial charge >= 0.3 is 5.97 Å². The highest BCUT2D eigenvalue weighted by Gasteiger charge is 2.15. The largest absolute Gasteiger partial charge is 0.478 e. The average Bonchev–Trinajstić information content (AvgIpc) is 2.29. The Kier molecular flexibility index (Phi) is 4.45. The Morgan fingerprint density at radius 3 is 2.82 bits per heavy atom. The van der Waals surface area contributed by atoms with Crippen LogP contribution in [0, 0.1) is 0 Å². The van der Waals surface area contributed by atoms with E-state index in [1.807, 2.05) is 6.92 Å². The molecule has 1 rings (SSSR count). The molecule has 0 fully saturated rings. The summed E-state index contributed by atoms with van der Waals surface area (Å²) in [7, 11) is 0. The number of rotatable bonds is 5. The van der Waals surface area contributed by atoms with Crippen molar-refractivity contribution in [3.8, 4) is 0 Å². The molecular weight excluding hydrogens is 222 g/mol. The van der Waals surface area contributed by atoms with Crippen molar-refractivity contribution in [1.29, 1.82) is 0 Å². The molecule has 0 saturated heterocycles. The number of anilines is 1. The van der Waals surface area contributed by atoms with Gasteiger partial charge in [-0.05, 0) is 19.9 Å². The number of carbonyl (C=O) groups excluding carboxylic acids is 1. The maximum absolute atomic E-state index is 11.5. The predicted molar refractivity (Wildman–Crippen MR) is 63.0 cm³/mol. The molecule has 0 bridgehead atoms. The van der Waals surface area contributed by atoms with Crippen LogP contribution in [0.1, 0.15) is 24.2 Å². The van der Waals surface area contributed by atoms with E-state index in [1.165, 1.54) is 18.5 Å². The summed E-state index contributed by atoms with van der Waals surface area (Å²) in [6.45, 7) is 4.02. The fourth-order valence-electron chi connectivity index (χ4n) is 1.32. The lowest BCUT2D eigenvalue weighted by molar-refractivity contribution is -0.121. The SMILES string of the molecule is CCNC(=O)C(C)Nc1ccncc1C(=O)O. The lowest BCUT2D eigenvalue weighted by Gasteiger charge is -2.15. The monoisotopic (exact) mass is 237 g/mol. The van der Waals surface area contributed by atoms with Crippen LogP contribution in [-0.2, 0) is 4.79 Å². The van der Waals surface area contributed by atoms with Crippen molar-refractivity contribution in [3.63, 3.8) is 0 Å². The molecule has 6 heteroatoms. The van der Waals surface area contributed by atoms with E-state index in [-0.39, 0.29) is 11.5 Å². The molecule has 1 atom stereocenters. The molecule has 1 aromatic heterocycles. The van der Waals surface area contributed by atoms with E-state index in [4.69, 9.17) is 5.11 Å². The van der Waals surface area contributed by atoms with E-state index in [0.717, 1.165) is 0 Å². The summed E-state index contributed by atoms with van der Waals surface area (Å²) in [6.07, 6.45) is 2.72. The van der Waals surface area contributed by atoms with E-state index in [0.29, 0.717) is 12.2 Å². The molecule has 1 aromatic rings. The molecule has 1 unspecified atom stereocenters. The Morgan fingerprint density at radius 1 is 1.53 bits per heavy atom. The molecule has 0 aliphatic heterocycles. The molecule has 1 heterocycles. The second-order valence-electron chi connectivity index (χ2n) is 3.49. The van der Waals surface area contributed by atoms with Gasteiger partial charge in [0.25, 0.3) is 0 Å². The number of hydrogen-bond acceptors (Lipinski definition) is 4. The first-order valence-electron chi connectivity index (χ1n) is 5.27. The van der Waals surface area contributed by atoms with Gasteiger partial charge in [-0.1, -0.05) is 0 Å². The molecule has 92 valence electrons. The zero-order valence-electron chi connectivity index (χ0n) is 9.73. The van der Waals surface area contributed by atoms with E-state index in [9.17, 15) is 9.59 Å². The Labute approximate surface area is 99.1 Å². The third-order valence-electron chi connectivity index (χ3n) is 2.17. The molecule has 0 radical (unpaired) electrons. The van der Waals surface area contributed by atoms with Gasteiger partial charge in [0.1, 0.15) is 11.6 Å². The Balaban J connectivity index is 2.81. The van der Waals surface area contributed by atoms with Gasteiger partial charge in [-0.25, -0.2) is 4.79 Å². The molecule has 3 N–H and O–H groups in total. The van der Waals surface area contributed by atoms with Gasteiger partial charge in [0, 0.05) is 18.9 Å². The van der Waals surface area contributed by atoms with Crippen LogP contribution < -0.4 is 10.6 Å². The van der Waals surface area contributed by atoms with Crippen LogP contribution in [0.15, 0.2) is 18.5 Å². The van der Waals surface area contributed by atoms with Crippen LogP contribution >= 0.6 is 0 Å². The summed E-state index contributed by atoms with van der Waals surface area (Å²) < 4.78 is 0. The maximum Gasteiger partial charge on any atom is 0.339 e. The number of nitrogens with zero attached hydrogens (tertiary/aromatic N) is 1. The van der Waals surface area contributed by atoms with Crippen molar-refractivity contribution >= 4 is 17.6 Å². The molecule has 1 amide bonds. The summed E-state index contributed by atoms with van der Waals surface area (Å²) in [5, 5.41) is 14.4. The number of pyridine rings is 1. The first kappa shape index (κ1) is 13.0. The molecule has 0 aliphatic carbocycles. The summed E-state index contributed by atoms with van der Waals surface area (Å²) in [6, 6.07) is 1.02. The quantitative estimate of drug-likeness (QED) is 0.701. The summed E-state index contributed by atoms with van der Waals surface area (Å²) in [4.78, 5) is 26.1.